The van der Waals surface area contributed by atoms with E-state index in [9.17, 15) is 4.39 Å². The summed E-state index contributed by atoms with van der Waals surface area (Å²) in [4.78, 5) is 4.82. The Morgan fingerprint density at radius 3 is 2.20 bits per heavy atom. The van der Waals surface area contributed by atoms with Crippen LogP contribution in [0.2, 0.25) is 0 Å². The standard InChI is InChI=1S/C16H26FN3/c1-13(2)14(11-18)12-19-7-9-20(10-8-19)16-5-3-15(17)4-6-16/h3-6,13-14H,7-12,18H2,1-2H3. The van der Waals surface area contributed by atoms with Gasteiger partial charge in [-0.25, -0.2) is 4.39 Å². The number of nitrogens with zero attached hydrogens (tertiary/aromatic N) is 2. The Hall–Kier alpha value is -1.13. The van der Waals surface area contributed by atoms with Crippen molar-refractivity contribution in [1.82, 2.24) is 4.90 Å². The summed E-state index contributed by atoms with van der Waals surface area (Å²) in [6.45, 7) is 10.4. The van der Waals surface area contributed by atoms with Crippen molar-refractivity contribution >= 4 is 5.69 Å². The fourth-order valence-electron chi connectivity index (χ4n) is 2.73. The molecule has 1 saturated heterocycles. The number of rotatable bonds is 5. The summed E-state index contributed by atoms with van der Waals surface area (Å²) in [5.74, 6) is 1.04. The van der Waals surface area contributed by atoms with Crippen LogP contribution < -0.4 is 10.6 Å². The number of nitrogens with two attached hydrogens (primary N) is 1. The molecule has 112 valence electrons. The van der Waals surface area contributed by atoms with E-state index in [1.165, 1.54) is 12.1 Å². The third kappa shape index (κ3) is 3.93. The smallest absolute Gasteiger partial charge is 0.123 e. The molecule has 0 saturated carbocycles. The van der Waals surface area contributed by atoms with E-state index in [4.69, 9.17) is 5.73 Å². The highest BCUT2D eigenvalue weighted by Gasteiger charge is 2.21. The highest BCUT2D eigenvalue weighted by Crippen LogP contribution is 2.18. The van der Waals surface area contributed by atoms with Crippen molar-refractivity contribution in [3.8, 4) is 0 Å². The van der Waals surface area contributed by atoms with E-state index >= 15 is 0 Å². The summed E-state index contributed by atoms with van der Waals surface area (Å²) in [5, 5.41) is 0. The second kappa shape index (κ2) is 7.04. The van der Waals surface area contributed by atoms with E-state index in [0.717, 1.165) is 45.0 Å². The van der Waals surface area contributed by atoms with Crippen LogP contribution in [-0.2, 0) is 0 Å². The van der Waals surface area contributed by atoms with Crippen molar-refractivity contribution in [2.45, 2.75) is 13.8 Å². The van der Waals surface area contributed by atoms with Crippen LogP contribution >= 0.6 is 0 Å². The minimum atomic E-state index is -0.171. The maximum absolute atomic E-state index is 12.9. The van der Waals surface area contributed by atoms with Gasteiger partial charge in [-0.3, -0.25) is 4.90 Å². The van der Waals surface area contributed by atoms with Crippen molar-refractivity contribution in [2.75, 3.05) is 44.2 Å². The first kappa shape index (κ1) is 15.3. The molecule has 0 aliphatic carbocycles. The molecule has 1 heterocycles. The van der Waals surface area contributed by atoms with Crippen LogP contribution in [0.25, 0.3) is 0 Å². The quantitative estimate of drug-likeness (QED) is 0.896. The van der Waals surface area contributed by atoms with Crippen LogP contribution in [0.5, 0.6) is 0 Å². The zero-order valence-electron chi connectivity index (χ0n) is 12.6. The molecule has 1 aliphatic rings. The number of hydrogen-bond acceptors (Lipinski definition) is 3. The van der Waals surface area contributed by atoms with Crippen molar-refractivity contribution in [2.24, 2.45) is 17.6 Å². The van der Waals surface area contributed by atoms with Gasteiger partial charge in [0.1, 0.15) is 5.82 Å². The van der Waals surface area contributed by atoms with Gasteiger partial charge < -0.3 is 10.6 Å². The first-order chi connectivity index (χ1) is 9.60. The van der Waals surface area contributed by atoms with Gasteiger partial charge in [0.25, 0.3) is 0 Å². The first-order valence-electron chi connectivity index (χ1n) is 7.53. The van der Waals surface area contributed by atoms with Crippen LogP contribution in [0.15, 0.2) is 24.3 Å². The Labute approximate surface area is 121 Å². The zero-order chi connectivity index (χ0) is 14.5. The molecule has 1 aromatic rings. The highest BCUT2D eigenvalue weighted by molar-refractivity contribution is 5.46. The van der Waals surface area contributed by atoms with Gasteiger partial charge in [0.05, 0.1) is 0 Å². The Balaban J connectivity index is 1.84. The van der Waals surface area contributed by atoms with Gasteiger partial charge in [0, 0.05) is 38.4 Å². The summed E-state index contributed by atoms with van der Waals surface area (Å²) < 4.78 is 12.9. The summed E-state index contributed by atoms with van der Waals surface area (Å²) >= 11 is 0. The largest absolute Gasteiger partial charge is 0.369 e. The average molecular weight is 279 g/mol. The van der Waals surface area contributed by atoms with Gasteiger partial charge in [0.15, 0.2) is 0 Å². The lowest BCUT2D eigenvalue weighted by Crippen LogP contribution is -2.49. The van der Waals surface area contributed by atoms with E-state index < -0.39 is 0 Å². The number of hydrogen-bond donors (Lipinski definition) is 1. The van der Waals surface area contributed by atoms with E-state index in [-0.39, 0.29) is 5.82 Å². The summed E-state index contributed by atoms with van der Waals surface area (Å²) in [6, 6.07) is 6.79. The molecule has 20 heavy (non-hydrogen) atoms. The van der Waals surface area contributed by atoms with Gasteiger partial charge in [-0.1, -0.05) is 13.8 Å². The van der Waals surface area contributed by atoms with Gasteiger partial charge >= 0.3 is 0 Å². The molecule has 2 N–H and O–H groups in total. The fourth-order valence-corrected chi connectivity index (χ4v) is 2.73. The van der Waals surface area contributed by atoms with Gasteiger partial charge in [-0.15, -0.1) is 0 Å². The monoisotopic (exact) mass is 279 g/mol. The molecule has 1 atom stereocenters. The maximum atomic E-state index is 12.9. The van der Waals surface area contributed by atoms with Crippen LogP contribution in [0.1, 0.15) is 13.8 Å². The SMILES string of the molecule is CC(C)C(CN)CN1CCN(c2ccc(F)cc2)CC1. The zero-order valence-corrected chi connectivity index (χ0v) is 12.6. The molecule has 0 aromatic heterocycles. The van der Waals surface area contributed by atoms with Gasteiger partial charge in [0.2, 0.25) is 0 Å². The molecule has 4 heteroatoms. The summed E-state index contributed by atoms with van der Waals surface area (Å²) in [6.07, 6.45) is 0. The molecule has 0 radical (unpaired) electrons. The number of halogens is 1. The molecular formula is C16H26FN3. The van der Waals surface area contributed by atoms with E-state index in [0.29, 0.717) is 11.8 Å². The van der Waals surface area contributed by atoms with Gasteiger partial charge in [-0.2, -0.15) is 0 Å². The van der Waals surface area contributed by atoms with Crippen molar-refractivity contribution < 1.29 is 4.39 Å². The number of piperazine rings is 1. The van der Waals surface area contributed by atoms with Crippen LogP contribution in [-0.4, -0.2) is 44.2 Å². The summed E-state index contributed by atoms with van der Waals surface area (Å²) in [5.41, 5.74) is 6.97. The first-order valence-corrected chi connectivity index (χ1v) is 7.53. The second-order valence-electron chi connectivity index (χ2n) is 6.00. The minimum absolute atomic E-state index is 0.171. The van der Waals surface area contributed by atoms with Crippen LogP contribution in [0, 0.1) is 17.7 Å². The molecule has 1 unspecified atom stereocenters. The molecule has 0 bridgehead atoms. The normalized spacial score (nSPS) is 18.6. The number of benzene rings is 1. The maximum Gasteiger partial charge on any atom is 0.123 e. The Bertz CT molecular complexity index is 397. The van der Waals surface area contributed by atoms with Crippen molar-refractivity contribution in [1.29, 1.82) is 0 Å². The lowest BCUT2D eigenvalue weighted by molar-refractivity contribution is 0.195. The molecule has 0 amide bonds. The minimum Gasteiger partial charge on any atom is -0.369 e. The van der Waals surface area contributed by atoms with Crippen LogP contribution in [0.3, 0.4) is 0 Å². The average Bonchev–Trinajstić information content (AvgIpc) is 2.46. The van der Waals surface area contributed by atoms with Crippen molar-refractivity contribution in [3.63, 3.8) is 0 Å². The molecular weight excluding hydrogens is 253 g/mol. The third-order valence-electron chi connectivity index (χ3n) is 4.30. The molecule has 3 nitrogen and oxygen atoms in total. The highest BCUT2D eigenvalue weighted by atomic mass is 19.1. The van der Waals surface area contributed by atoms with Crippen molar-refractivity contribution in [3.05, 3.63) is 30.1 Å². The molecule has 1 fully saturated rings. The lowest BCUT2D eigenvalue weighted by Gasteiger charge is -2.38. The third-order valence-corrected chi connectivity index (χ3v) is 4.30. The Morgan fingerprint density at radius 1 is 1.10 bits per heavy atom. The molecule has 1 aromatic carbocycles. The lowest BCUT2D eigenvalue weighted by atomic mass is 9.95. The van der Waals surface area contributed by atoms with E-state index in [1.54, 1.807) is 0 Å². The topological polar surface area (TPSA) is 32.5 Å². The Morgan fingerprint density at radius 2 is 1.70 bits per heavy atom. The van der Waals surface area contributed by atoms with E-state index in [2.05, 4.69) is 23.6 Å². The molecule has 2 rings (SSSR count). The molecule has 0 spiro atoms. The molecule has 1 aliphatic heterocycles. The van der Waals surface area contributed by atoms with E-state index in [1.807, 2.05) is 12.1 Å². The van der Waals surface area contributed by atoms with Crippen LogP contribution in [0.4, 0.5) is 10.1 Å². The predicted molar refractivity (Wildman–Crippen MR) is 82.4 cm³/mol. The Kier molecular flexibility index (Phi) is 5.38. The number of anilines is 1. The second-order valence-corrected chi connectivity index (χ2v) is 6.00. The van der Waals surface area contributed by atoms with Gasteiger partial charge in [-0.05, 0) is 42.6 Å². The fraction of sp³-hybridized carbons (Fsp3) is 0.625. The predicted octanol–water partition coefficient (Wildman–Crippen LogP) is 2.18. The summed E-state index contributed by atoms with van der Waals surface area (Å²) in [7, 11) is 0.